The lowest BCUT2D eigenvalue weighted by atomic mass is 9.85. The number of rotatable bonds is 0. The zero-order valence-corrected chi connectivity index (χ0v) is 13.1. The van der Waals surface area contributed by atoms with Crippen molar-refractivity contribution >= 4 is 18.3 Å². The van der Waals surface area contributed by atoms with Crippen molar-refractivity contribution < 1.29 is 14.3 Å². The summed E-state index contributed by atoms with van der Waals surface area (Å²) in [5.41, 5.74) is 3.95. The smallest absolute Gasteiger partial charge is 0.256 e. The molecule has 4 heterocycles. The summed E-state index contributed by atoms with van der Waals surface area (Å²) >= 11 is 0. The number of fused-ring (bicyclic) bond motifs is 6. The Kier molecular flexibility index (Phi) is 3.20. The van der Waals surface area contributed by atoms with Crippen molar-refractivity contribution in [2.45, 2.75) is 18.9 Å². The summed E-state index contributed by atoms with van der Waals surface area (Å²) in [5, 5.41) is 0. The van der Waals surface area contributed by atoms with E-state index in [1.807, 2.05) is 23.1 Å². The lowest BCUT2D eigenvalue weighted by molar-refractivity contribution is 0.0624. The van der Waals surface area contributed by atoms with Crippen LogP contribution in [0.25, 0.3) is 0 Å². The predicted octanol–water partition coefficient (Wildman–Crippen LogP) is 2.53. The van der Waals surface area contributed by atoms with Crippen LogP contribution in [0.1, 0.15) is 33.2 Å². The third kappa shape index (κ3) is 1.93. The third-order valence-corrected chi connectivity index (χ3v) is 4.77. The minimum absolute atomic E-state index is 0. The summed E-state index contributed by atoms with van der Waals surface area (Å²) in [4.78, 5) is 19.1. The Morgan fingerprint density at radius 1 is 1.22 bits per heavy atom. The van der Waals surface area contributed by atoms with Crippen LogP contribution in [0.2, 0.25) is 0 Å². The Morgan fingerprint density at radius 3 is 3.04 bits per heavy atom. The fourth-order valence-electron chi connectivity index (χ4n) is 3.76. The lowest BCUT2D eigenvalue weighted by Gasteiger charge is -2.41. The molecule has 1 aromatic carbocycles. The van der Waals surface area contributed by atoms with E-state index in [1.54, 1.807) is 6.20 Å². The quantitative estimate of drug-likeness (QED) is 0.745. The molecule has 3 aliphatic rings. The lowest BCUT2D eigenvalue weighted by Crippen LogP contribution is -2.44. The highest BCUT2D eigenvalue weighted by molar-refractivity contribution is 5.97. The maximum atomic E-state index is 12.8. The van der Waals surface area contributed by atoms with E-state index in [-0.39, 0.29) is 31.1 Å². The van der Waals surface area contributed by atoms with Crippen LogP contribution in [0.3, 0.4) is 0 Å². The van der Waals surface area contributed by atoms with E-state index >= 15 is 0 Å². The number of halogens is 1. The second-order valence-electron chi connectivity index (χ2n) is 5.84. The highest BCUT2D eigenvalue weighted by Gasteiger charge is 2.40. The average Bonchev–Trinajstić information content (AvgIpc) is 3.03. The summed E-state index contributed by atoms with van der Waals surface area (Å²) in [7, 11) is 0. The van der Waals surface area contributed by atoms with Crippen LogP contribution in [0.5, 0.6) is 11.5 Å². The van der Waals surface area contributed by atoms with Crippen LogP contribution in [0, 0.1) is 0 Å². The number of carbonyl (C=O) groups is 1. The van der Waals surface area contributed by atoms with Gasteiger partial charge in [-0.2, -0.15) is 0 Å². The monoisotopic (exact) mass is 330 g/mol. The molecule has 1 amide bonds. The van der Waals surface area contributed by atoms with Gasteiger partial charge >= 0.3 is 0 Å². The maximum absolute atomic E-state index is 12.8. The Hall–Kier alpha value is -2.27. The van der Waals surface area contributed by atoms with Gasteiger partial charge in [0.15, 0.2) is 11.5 Å². The molecule has 0 bridgehead atoms. The van der Waals surface area contributed by atoms with E-state index in [0.717, 1.165) is 47.7 Å². The van der Waals surface area contributed by atoms with E-state index in [0.29, 0.717) is 0 Å². The van der Waals surface area contributed by atoms with Gasteiger partial charge in [0.2, 0.25) is 6.79 Å². The molecule has 6 heteroatoms. The first-order valence-corrected chi connectivity index (χ1v) is 7.49. The van der Waals surface area contributed by atoms with Gasteiger partial charge in [0.25, 0.3) is 5.91 Å². The van der Waals surface area contributed by atoms with Crippen molar-refractivity contribution in [1.29, 1.82) is 0 Å². The molecule has 0 radical (unpaired) electrons. The SMILES string of the molecule is Cl.O=C1c2cccnc2CC2c3c(ccc4c3OCO4)CCN12. The Balaban J connectivity index is 0.00000135. The third-order valence-electron chi connectivity index (χ3n) is 4.77. The van der Waals surface area contributed by atoms with Gasteiger partial charge in [-0.15, -0.1) is 12.4 Å². The summed E-state index contributed by atoms with van der Waals surface area (Å²) in [6.07, 6.45) is 3.33. The molecule has 118 valence electrons. The molecule has 0 saturated heterocycles. The Bertz CT molecular complexity index is 808. The largest absolute Gasteiger partial charge is 0.454 e. The van der Waals surface area contributed by atoms with Crippen LogP contribution >= 0.6 is 12.4 Å². The molecule has 1 unspecified atom stereocenters. The predicted molar refractivity (Wildman–Crippen MR) is 85.2 cm³/mol. The molecule has 2 aromatic rings. The molecule has 3 aliphatic heterocycles. The summed E-state index contributed by atoms with van der Waals surface area (Å²) in [6, 6.07) is 7.75. The van der Waals surface area contributed by atoms with Crippen molar-refractivity contribution in [2.75, 3.05) is 13.3 Å². The first-order chi connectivity index (χ1) is 10.8. The standard InChI is InChI=1S/C17H14N2O3.ClH/c20-17-11-2-1-6-18-12(11)8-13-15-10(5-7-19(13)17)3-4-14-16(15)22-9-21-14;/h1-4,6,13H,5,7-9H2;1H. The molecule has 0 spiro atoms. The Morgan fingerprint density at radius 2 is 2.13 bits per heavy atom. The van der Waals surface area contributed by atoms with Gasteiger partial charge in [-0.25, -0.2) is 0 Å². The van der Waals surface area contributed by atoms with Gasteiger partial charge in [-0.3, -0.25) is 9.78 Å². The molecule has 0 aliphatic carbocycles. The number of aromatic nitrogens is 1. The number of nitrogens with zero attached hydrogens (tertiary/aromatic N) is 2. The number of ether oxygens (including phenoxy) is 2. The number of hydrogen-bond donors (Lipinski definition) is 0. The molecule has 0 N–H and O–H groups in total. The second-order valence-corrected chi connectivity index (χ2v) is 5.84. The van der Waals surface area contributed by atoms with E-state index in [9.17, 15) is 4.79 Å². The van der Waals surface area contributed by atoms with Crippen molar-refractivity contribution in [1.82, 2.24) is 9.88 Å². The molecule has 5 rings (SSSR count). The van der Waals surface area contributed by atoms with Gasteiger partial charge in [0.05, 0.1) is 17.3 Å². The van der Waals surface area contributed by atoms with Crippen molar-refractivity contribution in [3.05, 3.63) is 52.8 Å². The number of hydrogen-bond acceptors (Lipinski definition) is 4. The fourth-order valence-corrected chi connectivity index (χ4v) is 3.76. The van der Waals surface area contributed by atoms with E-state index in [1.165, 1.54) is 5.56 Å². The molecule has 23 heavy (non-hydrogen) atoms. The zero-order chi connectivity index (χ0) is 14.7. The molecular formula is C17H15ClN2O3. The highest BCUT2D eigenvalue weighted by Crippen LogP contribution is 2.47. The molecule has 0 saturated carbocycles. The first-order valence-electron chi connectivity index (χ1n) is 7.49. The highest BCUT2D eigenvalue weighted by atomic mass is 35.5. The van der Waals surface area contributed by atoms with Crippen LogP contribution in [-0.4, -0.2) is 29.1 Å². The molecule has 5 nitrogen and oxygen atoms in total. The Labute approximate surface area is 139 Å². The van der Waals surface area contributed by atoms with Gasteiger partial charge in [-0.1, -0.05) is 6.07 Å². The fraction of sp³-hybridized carbons (Fsp3) is 0.294. The van der Waals surface area contributed by atoms with Gasteiger partial charge in [-0.05, 0) is 30.2 Å². The van der Waals surface area contributed by atoms with Crippen LogP contribution in [-0.2, 0) is 12.8 Å². The van der Waals surface area contributed by atoms with E-state index in [2.05, 4.69) is 11.1 Å². The van der Waals surface area contributed by atoms with Crippen molar-refractivity contribution in [2.24, 2.45) is 0 Å². The minimum atomic E-state index is -0.00435. The van der Waals surface area contributed by atoms with Crippen LogP contribution in [0.4, 0.5) is 0 Å². The van der Waals surface area contributed by atoms with Crippen molar-refractivity contribution in [3.63, 3.8) is 0 Å². The molecule has 0 fully saturated rings. The van der Waals surface area contributed by atoms with Gasteiger partial charge in [0, 0.05) is 24.7 Å². The topological polar surface area (TPSA) is 51.7 Å². The molecular weight excluding hydrogens is 316 g/mol. The van der Waals surface area contributed by atoms with Crippen molar-refractivity contribution in [3.8, 4) is 11.5 Å². The van der Waals surface area contributed by atoms with Crippen LogP contribution < -0.4 is 9.47 Å². The van der Waals surface area contributed by atoms with Gasteiger partial charge < -0.3 is 14.4 Å². The number of benzene rings is 1. The average molecular weight is 331 g/mol. The second kappa shape index (κ2) is 5.13. The van der Waals surface area contributed by atoms with E-state index < -0.39 is 0 Å². The maximum Gasteiger partial charge on any atom is 0.256 e. The number of carbonyl (C=O) groups excluding carboxylic acids is 1. The summed E-state index contributed by atoms with van der Waals surface area (Å²) in [5.74, 6) is 1.65. The number of amides is 1. The van der Waals surface area contributed by atoms with Gasteiger partial charge in [0.1, 0.15) is 0 Å². The summed E-state index contributed by atoms with van der Waals surface area (Å²) < 4.78 is 11.2. The number of pyridine rings is 1. The van der Waals surface area contributed by atoms with E-state index in [4.69, 9.17) is 9.47 Å². The minimum Gasteiger partial charge on any atom is -0.454 e. The van der Waals surface area contributed by atoms with Crippen LogP contribution in [0.15, 0.2) is 30.5 Å². The molecule has 1 aromatic heterocycles. The zero-order valence-electron chi connectivity index (χ0n) is 12.3. The first kappa shape index (κ1) is 14.3. The normalized spacial score (nSPS) is 20.3. The summed E-state index contributed by atoms with van der Waals surface area (Å²) in [6.45, 7) is 0.992. The molecule has 1 atom stereocenters.